The molecule has 0 spiro atoms. The van der Waals surface area contributed by atoms with Gasteiger partial charge in [-0.25, -0.2) is 9.18 Å². The second kappa shape index (κ2) is 8.90. The zero-order valence-corrected chi connectivity index (χ0v) is 20.1. The van der Waals surface area contributed by atoms with Gasteiger partial charge in [-0.1, -0.05) is 23.8 Å². The highest BCUT2D eigenvalue weighted by Crippen LogP contribution is 2.41. The summed E-state index contributed by atoms with van der Waals surface area (Å²) in [7, 11) is 0. The summed E-state index contributed by atoms with van der Waals surface area (Å²) in [4.78, 5) is 27.9. The minimum absolute atomic E-state index is 0.00772. The Bertz CT molecular complexity index is 1270. The minimum atomic E-state index is -0.376. The lowest BCUT2D eigenvalue weighted by Gasteiger charge is -2.34. The van der Waals surface area contributed by atoms with Crippen LogP contribution in [0, 0.1) is 12.7 Å². The summed E-state index contributed by atoms with van der Waals surface area (Å²) in [6.45, 7) is 6.68. The van der Waals surface area contributed by atoms with E-state index in [0.29, 0.717) is 18.9 Å². The molecule has 34 heavy (non-hydrogen) atoms. The molecule has 2 aliphatic rings. The Balaban J connectivity index is 1.25. The van der Waals surface area contributed by atoms with Gasteiger partial charge >= 0.3 is 5.69 Å². The van der Waals surface area contributed by atoms with Gasteiger partial charge in [0.15, 0.2) is 0 Å². The Hall–Kier alpha value is -3.15. The van der Waals surface area contributed by atoms with Gasteiger partial charge in [-0.3, -0.25) is 13.9 Å². The van der Waals surface area contributed by atoms with E-state index in [4.69, 9.17) is 0 Å². The highest BCUT2D eigenvalue weighted by Gasteiger charge is 2.33. The van der Waals surface area contributed by atoms with Crippen LogP contribution in [0.5, 0.6) is 0 Å². The van der Waals surface area contributed by atoms with Crippen molar-refractivity contribution >= 4 is 5.91 Å². The number of imidazole rings is 1. The fraction of sp³-hybridized carbons (Fsp3) is 0.429. The molecule has 178 valence electrons. The smallest absolute Gasteiger partial charge is 0.332 e. The summed E-state index contributed by atoms with van der Waals surface area (Å²) >= 11 is 0. The average Bonchev–Trinajstić information content (AvgIpc) is 3.60. The average molecular weight is 462 g/mol. The molecule has 2 unspecified atom stereocenters. The molecule has 2 heterocycles. The molecule has 1 aliphatic carbocycles. The van der Waals surface area contributed by atoms with Gasteiger partial charge in [0, 0.05) is 31.0 Å². The van der Waals surface area contributed by atoms with Gasteiger partial charge < -0.3 is 4.90 Å². The van der Waals surface area contributed by atoms with Crippen molar-refractivity contribution in [2.45, 2.75) is 70.9 Å². The van der Waals surface area contributed by atoms with E-state index < -0.39 is 0 Å². The van der Waals surface area contributed by atoms with E-state index in [0.717, 1.165) is 48.1 Å². The van der Waals surface area contributed by atoms with Crippen LogP contribution < -0.4 is 5.69 Å². The largest absolute Gasteiger partial charge is 0.336 e. The Morgan fingerprint density at radius 1 is 1.00 bits per heavy atom. The van der Waals surface area contributed by atoms with E-state index in [1.807, 2.05) is 57.3 Å². The number of aromatic nitrogens is 2. The number of aryl methyl sites for hydroxylation is 1. The van der Waals surface area contributed by atoms with Crippen LogP contribution in [-0.4, -0.2) is 32.5 Å². The van der Waals surface area contributed by atoms with Crippen LogP contribution in [0.3, 0.4) is 0 Å². The lowest BCUT2D eigenvalue weighted by molar-refractivity contribution is 0.0654. The minimum Gasteiger partial charge on any atom is -0.336 e. The number of nitrogens with zero attached hydrogens (tertiary/aromatic N) is 3. The lowest BCUT2D eigenvalue weighted by Crippen LogP contribution is -2.44. The van der Waals surface area contributed by atoms with Gasteiger partial charge in [0.05, 0.1) is 11.3 Å². The summed E-state index contributed by atoms with van der Waals surface area (Å²) in [6.07, 6.45) is 8.04. The van der Waals surface area contributed by atoms with E-state index in [1.165, 1.54) is 0 Å². The highest BCUT2D eigenvalue weighted by atomic mass is 19.1. The third kappa shape index (κ3) is 4.22. The summed E-state index contributed by atoms with van der Waals surface area (Å²) in [5.41, 5.74) is 4.08. The number of rotatable bonds is 7. The second-order valence-electron chi connectivity index (χ2n) is 10.0. The summed E-state index contributed by atoms with van der Waals surface area (Å²) in [5, 5.41) is 0. The van der Waals surface area contributed by atoms with E-state index in [1.54, 1.807) is 26.3 Å². The SMILES string of the molecule is Cc1ccc(-n2ccn(C(C)CCC(C)N3CCc4cc(C5CC5)cc(F)c4C3=O)c2=O)cc1. The predicted octanol–water partition coefficient (Wildman–Crippen LogP) is 5.39. The maximum absolute atomic E-state index is 14.9. The van der Waals surface area contributed by atoms with Crippen molar-refractivity contribution in [3.63, 3.8) is 0 Å². The predicted molar refractivity (Wildman–Crippen MR) is 131 cm³/mol. The van der Waals surface area contributed by atoms with Crippen molar-refractivity contribution in [2.75, 3.05) is 6.54 Å². The molecular formula is C28H32FN3O2. The van der Waals surface area contributed by atoms with Crippen molar-refractivity contribution in [1.82, 2.24) is 14.0 Å². The van der Waals surface area contributed by atoms with Crippen molar-refractivity contribution < 1.29 is 9.18 Å². The Labute approximate surface area is 199 Å². The fourth-order valence-electron chi connectivity index (χ4n) is 5.09. The van der Waals surface area contributed by atoms with Gasteiger partial charge in [0.25, 0.3) is 5.91 Å². The molecular weight excluding hydrogens is 429 g/mol. The van der Waals surface area contributed by atoms with E-state index in [9.17, 15) is 14.0 Å². The standard InChI is InChI=1S/C28H32FN3O2/c1-18-4-10-24(11-5-18)32-15-14-31(28(32)34)20(3)7-6-19(2)30-13-12-22-16-23(21-8-9-21)17-25(29)26(22)27(30)33/h4-5,10-11,14-17,19-21H,6-9,12-13H2,1-3H3. The molecule has 6 heteroatoms. The van der Waals surface area contributed by atoms with Crippen LogP contribution in [0.25, 0.3) is 5.69 Å². The first kappa shape index (κ1) is 22.6. The zero-order valence-electron chi connectivity index (χ0n) is 20.1. The number of benzene rings is 2. The molecule has 1 aliphatic heterocycles. The van der Waals surface area contributed by atoms with E-state index in [2.05, 4.69) is 0 Å². The second-order valence-corrected chi connectivity index (χ2v) is 10.0. The maximum atomic E-state index is 14.9. The molecule has 0 N–H and O–H groups in total. The number of fused-ring (bicyclic) bond motifs is 1. The Morgan fingerprint density at radius 2 is 1.71 bits per heavy atom. The first-order chi connectivity index (χ1) is 16.3. The van der Waals surface area contributed by atoms with Crippen molar-refractivity contribution in [3.8, 4) is 5.69 Å². The molecule has 5 nitrogen and oxygen atoms in total. The molecule has 5 rings (SSSR count). The van der Waals surface area contributed by atoms with Crippen LogP contribution in [0.4, 0.5) is 4.39 Å². The van der Waals surface area contributed by atoms with Crippen LogP contribution in [0.2, 0.25) is 0 Å². The monoisotopic (exact) mass is 461 g/mol. The molecule has 1 amide bonds. The van der Waals surface area contributed by atoms with Crippen LogP contribution in [-0.2, 0) is 6.42 Å². The number of carbonyl (C=O) groups excluding carboxylic acids is 1. The summed E-state index contributed by atoms with van der Waals surface area (Å²) in [5.74, 6) is -0.111. The molecule has 2 aromatic carbocycles. The molecule has 3 aromatic rings. The lowest BCUT2D eigenvalue weighted by atomic mass is 9.93. The van der Waals surface area contributed by atoms with Crippen molar-refractivity contribution in [1.29, 1.82) is 0 Å². The summed E-state index contributed by atoms with van der Waals surface area (Å²) < 4.78 is 18.3. The van der Waals surface area contributed by atoms with Gasteiger partial charge in [-0.2, -0.15) is 0 Å². The Morgan fingerprint density at radius 3 is 2.41 bits per heavy atom. The topological polar surface area (TPSA) is 47.2 Å². The molecule has 0 bridgehead atoms. The number of amides is 1. The first-order valence-electron chi connectivity index (χ1n) is 12.3. The van der Waals surface area contributed by atoms with Crippen molar-refractivity contribution in [3.05, 3.63) is 87.3 Å². The number of halogens is 1. The maximum Gasteiger partial charge on any atom is 0.332 e. The summed E-state index contributed by atoms with van der Waals surface area (Å²) in [6, 6.07) is 11.5. The highest BCUT2D eigenvalue weighted by molar-refractivity contribution is 5.97. The zero-order chi connectivity index (χ0) is 24.0. The molecule has 1 saturated carbocycles. The molecule has 2 atom stereocenters. The fourth-order valence-corrected chi connectivity index (χ4v) is 5.09. The molecule has 1 fully saturated rings. The van der Waals surface area contributed by atoms with Gasteiger partial charge in [-0.15, -0.1) is 0 Å². The number of hydrogen-bond donors (Lipinski definition) is 0. The normalized spacial score (nSPS) is 17.5. The number of carbonyl (C=O) groups is 1. The quantitative estimate of drug-likeness (QED) is 0.474. The van der Waals surface area contributed by atoms with Crippen LogP contribution in [0.1, 0.15) is 78.5 Å². The van der Waals surface area contributed by atoms with Gasteiger partial charge in [0.2, 0.25) is 0 Å². The van der Waals surface area contributed by atoms with E-state index in [-0.39, 0.29) is 35.1 Å². The third-order valence-electron chi connectivity index (χ3n) is 7.46. The first-order valence-corrected chi connectivity index (χ1v) is 12.3. The van der Waals surface area contributed by atoms with Crippen LogP contribution in [0.15, 0.2) is 53.6 Å². The van der Waals surface area contributed by atoms with E-state index >= 15 is 0 Å². The van der Waals surface area contributed by atoms with Gasteiger partial charge in [-0.05, 0) is 88.1 Å². The van der Waals surface area contributed by atoms with Crippen molar-refractivity contribution in [2.24, 2.45) is 0 Å². The van der Waals surface area contributed by atoms with Crippen LogP contribution >= 0.6 is 0 Å². The molecule has 0 saturated heterocycles. The molecule has 1 aromatic heterocycles. The van der Waals surface area contributed by atoms with Gasteiger partial charge in [0.1, 0.15) is 5.82 Å². The molecule has 0 radical (unpaired) electrons. The number of hydrogen-bond acceptors (Lipinski definition) is 2. The Kier molecular flexibility index (Phi) is 5.92. The third-order valence-corrected chi connectivity index (χ3v) is 7.46.